The van der Waals surface area contributed by atoms with Crippen LogP contribution in [0.15, 0.2) is 24.3 Å². The first-order valence-electron chi connectivity index (χ1n) is 7.97. The Bertz CT molecular complexity index is 717. The van der Waals surface area contributed by atoms with E-state index in [1.165, 1.54) is 26.0 Å². The van der Waals surface area contributed by atoms with Gasteiger partial charge in [0, 0.05) is 25.0 Å². The average molecular weight is 351 g/mol. The number of hydrogen-bond donors (Lipinski definition) is 0. The number of alkyl halides is 2. The number of likely N-dealkylation sites (tertiary alicyclic amines) is 1. The Balaban J connectivity index is 1.91. The van der Waals surface area contributed by atoms with E-state index in [1.807, 2.05) is 0 Å². The maximum absolute atomic E-state index is 14.7. The molecule has 0 bridgehead atoms. The van der Waals surface area contributed by atoms with Gasteiger partial charge in [-0.1, -0.05) is 19.1 Å². The zero-order valence-electron chi connectivity index (χ0n) is 13.7. The molecule has 2 heterocycles. The van der Waals surface area contributed by atoms with E-state index in [0.29, 0.717) is 0 Å². The van der Waals surface area contributed by atoms with Crippen molar-refractivity contribution in [1.82, 2.24) is 9.80 Å². The summed E-state index contributed by atoms with van der Waals surface area (Å²) < 4.78 is 29.4. The molecule has 0 saturated carbocycles. The first-order chi connectivity index (χ1) is 11.7. The molecule has 1 aromatic rings. The van der Waals surface area contributed by atoms with Crippen LogP contribution >= 0.6 is 0 Å². The number of fused-ring (bicyclic) bond motifs is 1. The molecule has 25 heavy (non-hydrogen) atoms. The SMILES string of the molecule is CC1C(CN2C(=O)c3ccccc3C2=O)C(F)(F)C(C)CN1C(=O)[O-]. The molecule has 0 aliphatic carbocycles. The first-order valence-corrected chi connectivity index (χ1v) is 7.97. The van der Waals surface area contributed by atoms with E-state index in [2.05, 4.69) is 0 Å². The molecule has 1 fully saturated rings. The Hall–Kier alpha value is -2.51. The van der Waals surface area contributed by atoms with Crippen molar-refractivity contribution in [2.45, 2.75) is 25.8 Å². The molecule has 1 saturated heterocycles. The van der Waals surface area contributed by atoms with Gasteiger partial charge in [-0.3, -0.25) is 14.5 Å². The van der Waals surface area contributed by atoms with Gasteiger partial charge in [-0.25, -0.2) is 8.78 Å². The normalized spacial score (nSPS) is 28.2. The predicted molar refractivity (Wildman–Crippen MR) is 81.0 cm³/mol. The first kappa shape index (κ1) is 17.3. The summed E-state index contributed by atoms with van der Waals surface area (Å²) in [5.41, 5.74) is 0.341. The summed E-state index contributed by atoms with van der Waals surface area (Å²) >= 11 is 0. The summed E-state index contributed by atoms with van der Waals surface area (Å²) in [6, 6.07) is 5.03. The van der Waals surface area contributed by atoms with Gasteiger partial charge in [-0.05, 0) is 19.1 Å². The summed E-state index contributed by atoms with van der Waals surface area (Å²) in [5.74, 6) is -7.25. The lowest BCUT2D eigenvalue weighted by Crippen LogP contribution is -2.63. The molecule has 134 valence electrons. The standard InChI is InChI=1S/C17H18F2N2O4/c1-9-7-20(16(24)25)10(2)13(17(9,18)19)8-21-14(22)11-5-3-4-6-12(11)15(21)23/h3-6,9-10,13H,7-8H2,1-2H3,(H,24,25)/p-1. The van der Waals surface area contributed by atoms with Crippen LogP contribution in [0.25, 0.3) is 0 Å². The van der Waals surface area contributed by atoms with Gasteiger partial charge in [-0.2, -0.15) is 0 Å². The van der Waals surface area contributed by atoms with Crippen LogP contribution in [0.5, 0.6) is 0 Å². The van der Waals surface area contributed by atoms with E-state index in [4.69, 9.17) is 0 Å². The van der Waals surface area contributed by atoms with E-state index in [9.17, 15) is 28.3 Å². The van der Waals surface area contributed by atoms with Crippen LogP contribution in [0.3, 0.4) is 0 Å². The second-order valence-electron chi connectivity index (χ2n) is 6.61. The Morgan fingerprint density at radius 3 is 2.20 bits per heavy atom. The number of amides is 3. The van der Waals surface area contributed by atoms with Crippen LogP contribution in [-0.2, 0) is 0 Å². The van der Waals surface area contributed by atoms with E-state index >= 15 is 0 Å². The number of rotatable bonds is 2. The average Bonchev–Trinajstić information content (AvgIpc) is 2.79. The minimum atomic E-state index is -3.22. The number of carbonyl (C=O) groups excluding carboxylic acids is 3. The minimum absolute atomic E-state index is 0.170. The highest BCUT2D eigenvalue weighted by Crippen LogP contribution is 2.42. The topological polar surface area (TPSA) is 80.8 Å². The second kappa shape index (κ2) is 5.79. The largest absolute Gasteiger partial charge is 0.530 e. The fourth-order valence-corrected chi connectivity index (χ4v) is 3.60. The predicted octanol–water partition coefficient (Wildman–Crippen LogP) is 1.22. The van der Waals surface area contributed by atoms with Crippen molar-refractivity contribution in [2.24, 2.45) is 11.8 Å². The van der Waals surface area contributed by atoms with Gasteiger partial charge in [0.25, 0.3) is 17.7 Å². The zero-order chi connectivity index (χ0) is 18.5. The second-order valence-corrected chi connectivity index (χ2v) is 6.61. The van der Waals surface area contributed by atoms with Gasteiger partial charge in [-0.15, -0.1) is 0 Å². The fourth-order valence-electron chi connectivity index (χ4n) is 3.60. The molecule has 1 aromatic carbocycles. The van der Waals surface area contributed by atoms with Crippen LogP contribution in [0.2, 0.25) is 0 Å². The molecule has 0 radical (unpaired) electrons. The number of carboxylic acid groups (broad SMARTS) is 1. The molecule has 6 nitrogen and oxygen atoms in total. The van der Waals surface area contributed by atoms with Crippen molar-refractivity contribution >= 4 is 17.9 Å². The van der Waals surface area contributed by atoms with Crippen molar-refractivity contribution in [1.29, 1.82) is 0 Å². The summed E-state index contributed by atoms with van der Waals surface area (Å²) in [6.45, 7) is 1.69. The Kier molecular flexibility index (Phi) is 4.01. The third-order valence-electron chi connectivity index (χ3n) is 5.19. The molecule has 0 N–H and O–H groups in total. The molecule has 2 aliphatic rings. The molecule has 2 aliphatic heterocycles. The maximum Gasteiger partial charge on any atom is 0.261 e. The highest BCUT2D eigenvalue weighted by Gasteiger charge is 2.55. The summed E-state index contributed by atoms with van der Waals surface area (Å²) in [7, 11) is 0. The molecule has 3 unspecified atom stereocenters. The summed E-state index contributed by atoms with van der Waals surface area (Å²) in [5, 5.41) is 11.2. The van der Waals surface area contributed by atoms with Gasteiger partial charge in [0.05, 0.1) is 17.0 Å². The number of nitrogens with zero attached hydrogens (tertiary/aromatic N) is 2. The van der Waals surface area contributed by atoms with Gasteiger partial charge in [0.2, 0.25) is 0 Å². The number of hydrogen-bond acceptors (Lipinski definition) is 4. The third-order valence-corrected chi connectivity index (χ3v) is 5.19. The molecule has 3 amide bonds. The molecule has 0 aromatic heterocycles. The van der Waals surface area contributed by atoms with E-state index in [-0.39, 0.29) is 17.7 Å². The molecule has 0 spiro atoms. The van der Waals surface area contributed by atoms with Crippen molar-refractivity contribution in [2.75, 3.05) is 13.1 Å². The van der Waals surface area contributed by atoms with Crippen molar-refractivity contribution in [3.63, 3.8) is 0 Å². The van der Waals surface area contributed by atoms with E-state index in [0.717, 1.165) is 9.80 Å². The quantitative estimate of drug-likeness (QED) is 0.751. The number of carbonyl (C=O) groups is 3. The highest BCUT2D eigenvalue weighted by atomic mass is 19.3. The van der Waals surface area contributed by atoms with Crippen molar-refractivity contribution in [3.05, 3.63) is 35.4 Å². The molecular weight excluding hydrogens is 334 g/mol. The molecule has 3 rings (SSSR count). The lowest BCUT2D eigenvalue weighted by Gasteiger charge is -2.48. The van der Waals surface area contributed by atoms with Gasteiger partial charge < -0.3 is 14.8 Å². The summed E-state index contributed by atoms with van der Waals surface area (Å²) in [6.07, 6.45) is -1.54. The van der Waals surface area contributed by atoms with E-state index in [1.54, 1.807) is 12.1 Å². The number of piperidine rings is 1. The van der Waals surface area contributed by atoms with E-state index < -0.39 is 48.3 Å². The third kappa shape index (κ3) is 2.56. The molecular formula is C17H17F2N2O4-. The number of benzene rings is 1. The van der Waals surface area contributed by atoms with Gasteiger partial charge in [0.15, 0.2) is 0 Å². The summed E-state index contributed by atoms with van der Waals surface area (Å²) in [4.78, 5) is 37.7. The Labute approximate surface area is 143 Å². The monoisotopic (exact) mass is 351 g/mol. The zero-order valence-corrected chi connectivity index (χ0v) is 13.7. The number of imide groups is 1. The highest BCUT2D eigenvalue weighted by molar-refractivity contribution is 6.21. The van der Waals surface area contributed by atoms with Crippen LogP contribution in [0.4, 0.5) is 13.6 Å². The van der Waals surface area contributed by atoms with Crippen LogP contribution < -0.4 is 5.11 Å². The van der Waals surface area contributed by atoms with Gasteiger partial charge in [0.1, 0.15) is 6.09 Å². The lowest BCUT2D eigenvalue weighted by molar-refractivity contribution is -0.278. The van der Waals surface area contributed by atoms with Gasteiger partial charge >= 0.3 is 0 Å². The van der Waals surface area contributed by atoms with Crippen molar-refractivity contribution in [3.8, 4) is 0 Å². The number of halogens is 2. The lowest BCUT2D eigenvalue weighted by atomic mass is 9.80. The fraction of sp³-hybridized carbons (Fsp3) is 0.471. The Morgan fingerprint density at radius 2 is 1.72 bits per heavy atom. The smallest absolute Gasteiger partial charge is 0.261 e. The van der Waals surface area contributed by atoms with Crippen LogP contribution in [0, 0.1) is 11.8 Å². The maximum atomic E-state index is 14.7. The van der Waals surface area contributed by atoms with Crippen LogP contribution in [-0.4, -0.2) is 52.8 Å². The molecule has 3 atom stereocenters. The van der Waals surface area contributed by atoms with Crippen molar-refractivity contribution < 1.29 is 28.3 Å². The van der Waals surface area contributed by atoms with Crippen LogP contribution in [0.1, 0.15) is 34.6 Å². The molecule has 8 heteroatoms. The Morgan fingerprint density at radius 1 is 1.20 bits per heavy atom. The minimum Gasteiger partial charge on any atom is -0.530 e.